The Labute approximate surface area is 162 Å². The molecule has 3 rings (SSSR count). The van der Waals surface area contributed by atoms with E-state index in [4.69, 9.17) is 21.1 Å². The normalized spacial score (nSPS) is 11.7. The maximum Gasteiger partial charge on any atom is 0.259 e. The zero-order valence-electron chi connectivity index (χ0n) is 15.3. The van der Waals surface area contributed by atoms with Gasteiger partial charge in [-0.15, -0.1) is 5.10 Å². The fourth-order valence-electron chi connectivity index (χ4n) is 2.90. The van der Waals surface area contributed by atoms with E-state index >= 15 is 0 Å². The number of nitrogens with one attached hydrogen (secondary N) is 1. The molecule has 1 N–H and O–H groups in total. The number of halogens is 1. The van der Waals surface area contributed by atoms with Gasteiger partial charge in [-0.05, 0) is 23.8 Å². The van der Waals surface area contributed by atoms with Gasteiger partial charge in [0.25, 0.3) is 5.91 Å². The fraction of sp³-hybridized carbons (Fsp3) is 0.200. The molecule has 1 heterocycles. The first kappa shape index (κ1) is 18.8. The third kappa shape index (κ3) is 4.06. The van der Waals surface area contributed by atoms with Gasteiger partial charge in [0.1, 0.15) is 11.3 Å². The van der Waals surface area contributed by atoms with Crippen LogP contribution < -0.4 is 14.8 Å². The largest absolute Gasteiger partial charge is 0.496 e. The lowest BCUT2D eigenvalue weighted by Crippen LogP contribution is -2.29. The highest BCUT2D eigenvalue weighted by atomic mass is 35.5. The highest BCUT2D eigenvalue weighted by molar-refractivity contribution is 6.30. The standard InChI is InChI=1S/C20H20ClN3O3/c1-24-12-16(20(23-24)27-3)19(25)22-18(13-7-5-4-6-8-13)15-11-14(21)9-10-17(15)26-2/h4-12,18H,1-3H3,(H,22,25). The minimum absolute atomic E-state index is 0.264. The Morgan fingerprint density at radius 3 is 2.56 bits per heavy atom. The maximum absolute atomic E-state index is 13.0. The van der Waals surface area contributed by atoms with Crippen LogP contribution in [0.25, 0.3) is 0 Å². The van der Waals surface area contributed by atoms with Crippen molar-refractivity contribution in [3.63, 3.8) is 0 Å². The van der Waals surface area contributed by atoms with E-state index in [0.29, 0.717) is 16.3 Å². The van der Waals surface area contributed by atoms with Crippen molar-refractivity contribution in [2.75, 3.05) is 14.2 Å². The second kappa shape index (κ2) is 8.14. The number of hydrogen-bond donors (Lipinski definition) is 1. The number of nitrogens with zero attached hydrogens (tertiary/aromatic N) is 2. The highest BCUT2D eigenvalue weighted by Gasteiger charge is 2.24. The molecule has 27 heavy (non-hydrogen) atoms. The van der Waals surface area contributed by atoms with E-state index in [1.54, 1.807) is 38.6 Å². The molecule has 0 spiro atoms. The lowest BCUT2D eigenvalue weighted by atomic mass is 9.97. The van der Waals surface area contributed by atoms with Gasteiger partial charge in [-0.3, -0.25) is 9.48 Å². The van der Waals surface area contributed by atoms with Crippen LogP contribution in [-0.2, 0) is 7.05 Å². The van der Waals surface area contributed by atoms with E-state index in [-0.39, 0.29) is 11.8 Å². The number of hydrogen-bond acceptors (Lipinski definition) is 4. The first-order valence-electron chi connectivity index (χ1n) is 8.30. The minimum Gasteiger partial charge on any atom is -0.496 e. The van der Waals surface area contributed by atoms with E-state index in [0.717, 1.165) is 11.1 Å². The Morgan fingerprint density at radius 2 is 1.89 bits per heavy atom. The molecule has 1 aromatic heterocycles. The topological polar surface area (TPSA) is 65.4 Å². The van der Waals surface area contributed by atoms with Crippen LogP contribution in [0, 0.1) is 0 Å². The van der Waals surface area contributed by atoms with Gasteiger partial charge in [0.2, 0.25) is 5.88 Å². The molecular weight excluding hydrogens is 366 g/mol. The predicted octanol–water partition coefficient (Wildman–Crippen LogP) is 3.61. The van der Waals surface area contributed by atoms with Crippen molar-refractivity contribution in [2.24, 2.45) is 7.05 Å². The number of aromatic nitrogens is 2. The van der Waals surface area contributed by atoms with Crippen LogP contribution in [0.3, 0.4) is 0 Å². The molecule has 1 amide bonds. The molecule has 1 atom stereocenters. The number of aryl methyl sites for hydroxylation is 1. The number of rotatable bonds is 6. The maximum atomic E-state index is 13.0. The summed E-state index contributed by atoms with van der Waals surface area (Å²) in [5.41, 5.74) is 2.00. The van der Waals surface area contributed by atoms with Crippen LogP contribution in [0.1, 0.15) is 27.5 Å². The average Bonchev–Trinajstić information content (AvgIpc) is 3.07. The third-order valence-electron chi connectivity index (χ3n) is 4.14. The highest BCUT2D eigenvalue weighted by Crippen LogP contribution is 2.33. The van der Waals surface area contributed by atoms with Gasteiger partial charge in [0, 0.05) is 23.8 Å². The summed E-state index contributed by atoms with van der Waals surface area (Å²) in [4.78, 5) is 13.0. The molecule has 0 bridgehead atoms. The molecular formula is C20H20ClN3O3. The molecule has 0 saturated carbocycles. The summed E-state index contributed by atoms with van der Waals surface area (Å²) in [6.45, 7) is 0. The van der Waals surface area contributed by atoms with Crippen LogP contribution in [0.4, 0.5) is 0 Å². The Morgan fingerprint density at radius 1 is 1.15 bits per heavy atom. The molecule has 140 valence electrons. The van der Waals surface area contributed by atoms with Gasteiger partial charge in [0.05, 0.1) is 20.3 Å². The molecule has 6 nitrogen and oxygen atoms in total. The van der Waals surface area contributed by atoms with Gasteiger partial charge in [-0.1, -0.05) is 41.9 Å². The van der Waals surface area contributed by atoms with Crippen LogP contribution in [0.15, 0.2) is 54.7 Å². The summed E-state index contributed by atoms with van der Waals surface area (Å²) in [6.07, 6.45) is 1.62. The number of amides is 1. The first-order chi connectivity index (χ1) is 13.0. The van der Waals surface area contributed by atoms with Crippen LogP contribution in [0.5, 0.6) is 11.6 Å². The molecule has 7 heteroatoms. The summed E-state index contributed by atoms with van der Waals surface area (Å²) in [5.74, 6) is 0.586. The fourth-order valence-corrected chi connectivity index (χ4v) is 3.08. The lowest BCUT2D eigenvalue weighted by Gasteiger charge is -2.22. The minimum atomic E-state index is -0.461. The molecule has 0 saturated heterocycles. The van der Waals surface area contributed by atoms with E-state index in [2.05, 4.69) is 10.4 Å². The Bertz CT molecular complexity index is 941. The van der Waals surface area contributed by atoms with Crippen molar-refractivity contribution in [1.82, 2.24) is 15.1 Å². The van der Waals surface area contributed by atoms with Gasteiger partial charge in [0.15, 0.2) is 0 Å². The smallest absolute Gasteiger partial charge is 0.259 e. The van der Waals surface area contributed by atoms with Crippen molar-refractivity contribution in [3.05, 3.63) is 76.4 Å². The molecule has 0 fully saturated rings. The van der Waals surface area contributed by atoms with Crippen molar-refractivity contribution in [1.29, 1.82) is 0 Å². The molecule has 1 unspecified atom stereocenters. The quantitative estimate of drug-likeness (QED) is 0.704. The SMILES string of the molecule is COc1ccc(Cl)cc1C(NC(=O)c1cn(C)nc1OC)c1ccccc1. The van der Waals surface area contributed by atoms with E-state index < -0.39 is 6.04 Å². The zero-order chi connectivity index (χ0) is 19.4. The van der Waals surface area contributed by atoms with E-state index in [9.17, 15) is 4.79 Å². The predicted molar refractivity (Wildman–Crippen MR) is 104 cm³/mol. The van der Waals surface area contributed by atoms with E-state index in [1.165, 1.54) is 11.8 Å². The summed E-state index contributed by atoms with van der Waals surface area (Å²) < 4.78 is 12.2. The number of methoxy groups -OCH3 is 2. The number of ether oxygens (including phenoxy) is 2. The van der Waals surface area contributed by atoms with Crippen molar-refractivity contribution < 1.29 is 14.3 Å². The number of carbonyl (C=O) groups excluding carboxylic acids is 1. The molecule has 0 aliphatic carbocycles. The monoisotopic (exact) mass is 385 g/mol. The van der Waals surface area contributed by atoms with Crippen molar-refractivity contribution >= 4 is 17.5 Å². The molecule has 0 radical (unpaired) electrons. The molecule has 2 aromatic carbocycles. The Hall–Kier alpha value is -2.99. The number of benzene rings is 2. The van der Waals surface area contributed by atoms with Crippen LogP contribution in [0.2, 0.25) is 5.02 Å². The molecule has 0 aliphatic rings. The second-order valence-corrected chi connectivity index (χ2v) is 6.37. The van der Waals surface area contributed by atoms with Crippen LogP contribution in [-0.4, -0.2) is 29.9 Å². The van der Waals surface area contributed by atoms with Crippen molar-refractivity contribution in [2.45, 2.75) is 6.04 Å². The van der Waals surface area contributed by atoms with Crippen LogP contribution >= 0.6 is 11.6 Å². The van der Waals surface area contributed by atoms with Gasteiger partial charge < -0.3 is 14.8 Å². The molecule has 0 aliphatic heterocycles. The Kier molecular flexibility index (Phi) is 5.66. The van der Waals surface area contributed by atoms with Gasteiger partial charge in [-0.25, -0.2) is 0 Å². The number of carbonyl (C=O) groups is 1. The average molecular weight is 386 g/mol. The Balaban J connectivity index is 2.04. The summed E-state index contributed by atoms with van der Waals surface area (Å²) >= 11 is 6.21. The van der Waals surface area contributed by atoms with Gasteiger partial charge >= 0.3 is 0 Å². The zero-order valence-corrected chi connectivity index (χ0v) is 16.0. The second-order valence-electron chi connectivity index (χ2n) is 5.93. The third-order valence-corrected chi connectivity index (χ3v) is 4.38. The first-order valence-corrected chi connectivity index (χ1v) is 8.68. The van der Waals surface area contributed by atoms with Crippen molar-refractivity contribution in [3.8, 4) is 11.6 Å². The van der Waals surface area contributed by atoms with E-state index in [1.807, 2.05) is 30.3 Å². The summed E-state index contributed by atoms with van der Waals surface area (Å²) in [6, 6.07) is 14.5. The lowest BCUT2D eigenvalue weighted by molar-refractivity contribution is 0.0939. The summed E-state index contributed by atoms with van der Waals surface area (Å²) in [5, 5.41) is 7.74. The van der Waals surface area contributed by atoms with Gasteiger partial charge in [-0.2, -0.15) is 0 Å². The molecule has 3 aromatic rings. The summed E-state index contributed by atoms with van der Waals surface area (Å²) in [7, 11) is 4.79.